The number of furan rings is 1. The molecule has 0 bridgehead atoms. The summed E-state index contributed by atoms with van der Waals surface area (Å²) >= 11 is 0. The third-order valence-electron chi connectivity index (χ3n) is 11.7. The van der Waals surface area contributed by atoms with E-state index < -0.39 is 0 Å². The second kappa shape index (κ2) is 15.1. The molecule has 2 heteroatoms. The molecule has 0 unspecified atom stereocenters. The van der Waals surface area contributed by atoms with E-state index in [9.17, 15) is 0 Å². The zero-order chi connectivity index (χ0) is 39.8. The number of para-hydroxylation sites is 2. The molecule has 2 nitrogen and oxygen atoms in total. The van der Waals surface area contributed by atoms with Gasteiger partial charge in [-0.1, -0.05) is 200 Å². The summed E-state index contributed by atoms with van der Waals surface area (Å²) in [6, 6.07) is 84.6. The minimum absolute atomic E-state index is 0.912. The lowest BCUT2D eigenvalue weighted by atomic mass is 9.96. The molecule has 0 saturated carbocycles. The van der Waals surface area contributed by atoms with Gasteiger partial charge in [0.1, 0.15) is 11.2 Å². The van der Waals surface area contributed by atoms with Gasteiger partial charge in [0, 0.05) is 38.7 Å². The van der Waals surface area contributed by atoms with E-state index in [1.54, 1.807) is 0 Å². The third kappa shape index (κ3) is 6.41. The van der Waals surface area contributed by atoms with Crippen LogP contribution in [0.3, 0.4) is 0 Å². The Morgan fingerprint density at radius 1 is 0.267 bits per heavy atom. The van der Waals surface area contributed by atoms with E-state index in [4.69, 9.17) is 4.42 Å². The van der Waals surface area contributed by atoms with Gasteiger partial charge in [-0.2, -0.15) is 0 Å². The first-order chi connectivity index (χ1) is 29.7. The fraction of sp³-hybridized carbons (Fsp3) is 0. The van der Waals surface area contributed by atoms with Crippen molar-refractivity contribution in [1.29, 1.82) is 0 Å². The Balaban J connectivity index is 0.902. The van der Waals surface area contributed by atoms with Crippen molar-refractivity contribution in [2.45, 2.75) is 0 Å². The SMILES string of the molecule is c1ccc(-c2ccc(N(c3ccc(-c4ccc(-c5cccc(-c6cccc7c6oc6c(-c8ccccc8)cccc67)c5)cc4)cc3)c3cccc4ccccc34)cc2)cc1. The zero-order valence-electron chi connectivity index (χ0n) is 32.9. The molecule has 0 amide bonds. The van der Waals surface area contributed by atoms with Crippen LogP contribution in [-0.2, 0) is 0 Å². The van der Waals surface area contributed by atoms with Crippen LogP contribution >= 0.6 is 0 Å². The van der Waals surface area contributed by atoms with Gasteiger partial charge in [0.15, 0.2) is 0 Å². The maximum atomic E-state index is 6.74. The minimum atomic E-state index is 0.912. The van der Waals surface area contributed by atoms with Crippen molar-refractivity contribution >= 4 is 49.8 Å². The van der Waals surface area contributed by atoms with Crippen molar-refractivity contribution in [3.8, 4) is 55.6 Å². The largest absolute Gasteiger partial charge is 0.455 e. The first kappa shape index (κ1) is 35.2. The lowest BCUT2D eigenvalue weighted by Crippen LogP contribution is -2.10. The van der Waals surface area contributed by atoms with Gasteiger partial charge in [0.2, 0.25) is 0 Å². The van der Waals surface area contributed by atoms with Gasteiger partial charge in [0.25, 0.3) is 0 Å². The molecule has 0 saturated heterocycles. The summed E-state index contributed by atoms with van der Waals surface area (Å²) in [4.78, 5) is 2.37. The molecule has 0 spiro atoms. The van der Waals surface area contributed by atoms with Gasteiger partial charge in [-0.3, -0.25) is 0 Å². The summed E-state index contributed by atoms with van der Waals surface area (Å²) in [5.41, 5.74) is 16.7. The smallest absolute Gasteiger partial charge is 0.143 e. The average Bonchev–Trinajstić information content (AvgIpc) is 3.72. The van der Waals surface area contributed by atoms with Crippen molar-refractivity contribution in [2.75, 3.05) is 4.90 Å². The number of hydrogen-bond donors (Lipinski definition) is 0. The summed E-state index contributed by atoms with van der Waals surface area (Å²) in [5, 5.41) is 4.68. The predicted molar refractivity (Wildman–Crippen MR) is 253 cm³/mol. The highest BCUT2D eigenvalue weighted by atomic mass is 16.3. The van der Waals surface area contributed by atoms with Gasteiger partial charge in [-0.25, -0.2) is 0 Å². The highest BCUT2D eigenvalue weighted by Crippen LogP contribution is 2.42. The quantitative estimate of drug-likeness (QED) is 0.153. The summed E-state index contributed by atoms with van der Waals surface area (Å²) < 4.78 is 6.74. The number of benzene rings is 10. The molecule has 282 valence electrons. The van der Waals surface area contributed by atoms with Crippen molar-refractivity contribution in [2.24, 2.45) is 0 Å². The Morgan fingerprint density at radius 3 is 1.28 bits per heavy atom. The summed E-state index contributed by atoms with van der Waals surface area (Å²) in [6.45, 7) is 0. The molecule has 0 aliphatic carbocycles. The van der Waals surface area contributed by atoms with Crippen LogP contribution < -0.4 is 4.90 Å². The lowest BCUT2D eigenvalue weighted by Gasteiger charge is -2.27. The molecule has 0 atom stereocenters. The van der Waals surface area contributed by atoms with E-state index in [1.165, 1.54) is 38.6 Å². The maximum absolute atomic E-state index is 6.74. The standard InChI is InChI=1S/C58H39NO/c1-3-13-40(14-4-1)42-31-35-49(36-32-42)59(56-26-10-18-45-17-7-8-21-51(45)56)50-37-33-43(34-38-50)41-27-29-44(30-28-41)47-19-9-20-48(39-47)53-23-12-25-55-54-24-11-22-52(57(54)60-58(53)55)46-15-5-2-6-16-46/h1-39H. The van der Waals surface area contributed by atoms with Gasteiger partial charge in [-0.05, 0) is 86.3 Å². The molecular formula is C58H39NO. The molecule has 0 radical (unpaired) electrons. The van der Waals surface area contributed by atoms with E-state index in [1.807, 2.05) is 6.07 Å². The monoisotopic (exact) mass is 765 g/mol. The fourth-order valence-corrected chi connectivity index (χ4v) is 8.68. The Bertz CT molecular complexity index is 3270. The van der Waals surface area contributed by atoms with Crippen molar-refractivity contribution < 1.29 is 4.42 Å². The normalized spacial score (nSPS) is 11.3. The maximum Gasteiger partial charge on any atom is 0.143 e. The van der Waals surface area contributed by atoms with Crippen LogP contribution in [0.2, 0.25) is 0 Å². The number of anilines is 3. The summed E-state index contributed by atoms with van der Waals surface area (Å²) in [5.74, 6) is 0. The second-order valence-corrected chi connectivity index (χ2v) is 15.3. The molecule has 0 N–H and O–H groups in total. The second-order valence-electron chi connectivity index (χ2n) is 15.3. The first-order valence-electron chi connectivity index (χ1n) is 20.5. The van der Waals surface area contributed by atoms with Gasteiger partial charge < -0.3 is 9.32 Å². The predicted octanol–water partition coefficient (Wildman–Crippen LogP) is 16.5. The third-order valence-corrected chi connectivity index (χ3v) is 11.7. The number of rotatable bonds is 8. The van der Waals surface area contributed by atoms with E-state index >= 15 is 0 Å². The van der Waals surface area contributed by atoms with Crippen LogP contribution in [0.1, 0.15) is 0 Å². The molecular weight excluding hydrogens is 727 g/mol. The average molecular weight is 766 g/mol. The van der Waals surface area contributed by atoms with Crippen molar-refractivity contribution in [3.63, 3.8) is 0 Å². The molecule has 0 aliphatic heterocycles. The Morgan fingerprint density at radius 2 is 0.667 bits per heavy atom. The number of hydrogen-bond acceptors (Lipinski definition) is 2. The van der Waals surface area contributed by atoms with E-state index in [2.05, 4.69) is 235 Å². The molecule has 0 fully saturated rings. The van der Waals surface area contributed by atoms with E-state index in [0.29, 0.717) is 0 Å². The Kier molecular flexibility index (Phi) is 8.87. The highest BCUT2D eigenvalue weighted by molar-refractivity contribution is 6.13. The van der Waals surface area contributed by atoms with Crippen molar-refractivity contribution in [3.05, 3.63) is 237 Å². The molecule has 11 aromatic rings. The van der Waals surface area contributed by atoms with Gasteiger partial charge in [-0.15, -0.1) is 0 Å². The van der Waals surface area contributed by atoms with E-state index in [-0.39, 0.29) is 0 Å². The highest BCUT2D eigenvalue weighted by Gasteiger charge is 2.18. The van der Waals surface area contributed by atoms with Gasteiger partial charge in [0.05, 0.1) is 5.69 Å². The number of nitrogens with zero attached hydrogens (tertiary/aromatic N) is 1. The molecule has 60 heavy (non-hydrogen) atoms. The molecule has 1 aromatic heterocycles. The van der Waals surface area contributed by atoms with Crippen LogP contribution in [0.25, 0.3) is 88.3 Å². The molecule has 0 aliphatic rings. The van der Waals surface area contributed by atoms with Crippen LogP contribution in [-0.4, -0.2) is 0 Å². The van der Waals surface area contributed by atoms with Crippen molar-refractivity contribution in [1.82, 2.24) is 0 Å². The summed E-state index contributed by atoms with van der Waals surface area (Å²) in [6.07, 6.45) is 0. The fourth-order valence-electron chi connectivity index (χ4n) is 8.68. The van der Waals surface area contributed by atoms with Gasteiger partial charge >= 0.3 is 0 Å². The Hall–Kier alpha value is -7.94. The summed E-state index contributed by atoms with van der Waals surface area (Å²) in [7, 11) is 0. The lowest BCUT2D eigenvalue weighted by molar-refractivity contribution is 0.671. The van der Waals surface area contributed by atoms with Crippen LogP contribution in [0.15, 0.2) is 241 Å². The Labute approximate surface area is 349 Å². The van der Waals surface area contributed by atoms with E-state index in [0.717, 1.165) is 66.8 Å². The van der Waals surface area contributed by atoms with Crippen LogP contribution in [0.4, 0.5) is 17.1 Å². The van der Waals surface area contributed by atoms with Crippen LogP contribution in [0.5, 0.6) is 0 Å². The molecule has 11 rings (SSSR count). The zero-order valence-corrected chi connectivity index (χ0v) is 32.9. The van der Waals surface area contributed by atoms with Crippen LogP contribution in [0, 0.1) is 0 Å². The first-order valence-corrected chi connectivity index (χ1v) is 20.5. The molecule has 10 aromatic carbocycles. The number of fused-ring (bicyclic) bond motifs is 4. The molecule has 1 heterocycles. The topological polar surface area (TPSA) is 16.4 Å². The minimum Gasteiger partial charge on any atom is -0.455 e.